The third-order valence-electron chi connectivity index (χ3n) is 7.01. The molecular weight excluding hydrogens is 490 g/mol. The van der Waals surface area contributed by atoms with Gasteiger partial charge in [0.15, 0.2) is 6.61 Å². The molecule has 2 aromatic heterocycles. The summed E-state index contributed by atoms with van der Waals surface area (Å²) in [4.78, 5) is 47.1. The quantitative estimate of drug-likeness (QED) is 0.456. The number of likely N-dealkylation sites (N-methyl/N-ethyl adjacent to an activating group) is 1. The van der Waals surface area contributed by atoms with Gasteiger partial charge in [-0.05, 0) is 50.8 Å². The van der Waals surface area contributed by atoms with Gasteiger partial charge in [-0.3, -0.25) is 14.7 Å². The summed E-state index contributed by atoms with van der Waals surface area (Å²) in [6.45, 7) is 6.03. The fourth-order valence-electron chi connectivity index (χ4n) is 5.19. The number of nitrogens with zero attached hydrogens (tertiary/aromatic N) is 2. The van der Waals surface area contributed by atoms with E-state index in [0.717, 1.165) is 77.8 Å². The summed E-state index contributed by atoms with van der Waals surface area (Å²) in [7, 11) is 0. The van der Waals surface area contributed by atoms with Crippen molar-refractivity contribution >= 4 is 45.1 Å². The lowest BCUT2D eigenvalue weighted by Crippen LogP contribution is -2.32. The second-order valence-corrected chi connectivity index (χ2v) is 10.4. The second kappa shape index (κ2) is 11.0. The van der Waals surface area contributed by atoms with Crippen molar-refractivity contribution in [1.82, 2.24) is 9.88 Å². The first-order chi connectivity index (χ1) is 18.0. The van der Waals surface area contributed by atoms with Crippen molar-refractivity contribution < 1.29 is 23.9 Å². The number of thiophene rings is 1. The first-order valence-corrected chi connectivity index (χ1v) is 13.7. The lowest BCUT2D eigenvalue weighted by atomic mass is 9.95. The van der Waals surface area contributed by atoms with Crippen LogP contribution in [0.25, 0.3) is 10.9 Å². The molecule has 0 bridgehead atoms. The van der Waals surface area contributed by atoms with E-state index in [2.05, 4.69) is 17.1 Å². The minimum Gasteiger partial charge on any atom is -0.462 e. The van der Waals surface area contributed by atoms with Crippen molar-refractivity contribution in [1.29, 1.82) is 0 Å². The number of ether oxygens (including phenoxy) is 2. The number of anilines is 1. The average molecular weight is 522 g/mol. The summed E-state index contributed by atoms with van der Waals surface area (Å²) in [6, 6.07) is 7.52. The molecule has 1 aromatic carbocycles. The number of hydrogen-bond acceptors (Lipinski definition) is 8. The Morgan fingerprint density at radius 1 is 1.00 bits per heavy atom. The molecule has 3 aromatic rings. The van der Waals surface area contributed by atoms with Crippen LogP contribution in [0.5, 0.6) is 0 Å². The van der Waals surface area contributed by atoms with E-state index in [1.54, 1.807) is 6.92 Å². The Balaban J connectivity index is 1.36. The SMILES string of the molecule is CCOC(=O)c1c(NC(=O)COC(=O)c2c3c(nc4ccccc24)CCN(CC)C3)sc2c1CCCC2. The number of carbonyl (C=O) groups excluding carboxylic acids is 3. The number of nitrogens with one attached hydrogen (secondary N) is 1. The number of pyridine rings is 1. The molecule has 5 rings (SSSR count). The molecule has 1 aliphatic heterocycles. The fourth-order valence-corrected chi connectivity index (χ4v) is 6.48. The number of aryl methyl sites for hydroxylation is 1. The standard InChI is InChI=1S/C28H31N3O5S/c1-3-31-14-13-21-19(15-31)24(17-9-5-7-11-20(17)29-21)27(33)36-16-23(32)30-26-25(28(34)35-4-2)18-10-6-8-12-22(18)37-26/h5,7,9,11H,3-4,6,8,10,12-16H2,1-2H3,(H,30,32). The highest BCUT2D eigenvalue weighted by atomic mass is 32.1. The minimum atomic E-state index is -0.543. The smallest absolute Gasteiger partial charge is 0.341 e. The predicted molar refractivity (Wildman–Crippen MR) is 142 cm³/mol. The zero-order chi connectivity index (χ0) is 25.9. The van der Waals surface area contributed by atoms with Crippen LogP contribution in [0.2, 0.25) is 0 Å². The van der Waals surface area contributed by atoms with Gasteiger partial charge in [0.2, 0.25) is 0 Å². The van der Waals surface area contributed by atoms with Crippen LogP contribution in [0.3, 0.4) is 0 Å². The number of para-hydroxylation sites is 1. The second-order valence-electron chi connectivity index (χ2n) is 9.31. The number of hydrogen-bond donors (Lipinski definition) is 1. The van der Waals surface area contributed by atoms with Crippen LogP contribution >= 0.6 is 11.3 Å². The molecule has 194 valence electrons. The van der Waals surface area contributed by atoms with Crippen LogP contribution in [-0.2, 0) is 40.1 Å². The molecule has 0 saturated carbocycles. The molecule has 0 fully saturated rings. The molecular formula is C28H31N3O5S. The molecule has 0 atom stereocenters. The van der Waals surface area contributed by atoms with E-state index in [-0.39, 0.29) is 6.61 Å². The summed E-state index contributed by atoms with van der Waals surface area (Å²) in [5.74, 6) is -1.46. The van der Waals surface area contributed by atoms with Crippen molar-refractivity contribution in [3.05, 3.63) is 57.1 Å². The largest absolute Gasteiger partial charge is 0.462 e. The van der Waals surface area contributed by atoms with Gasteiger partial charge in [-0.15, -0.1) is 11.3 Å². The number of rotatable bonds is 7. The normalized spacial score (nSPS) is 15.1. The maximum absolute atomic E-state index is 13.4. The van der Waals surface area contributed by atoms with Gasteiger partial charge >= 0.3 is 11.9 Å². The van der Waals surface area contributed by atoms with Gasteiger partial charge in [-0.1, -0.05) is 25.1 Å². The van der Waals surface area contributed by atoms with Gasteiger partial charge in [0, 0.05) is 41.0 Å². The molecule has 0 spiro atoms. The Kier molecular flexibility index (Phi) is 7.53. The molecule has 37 heavy (non-hydrogen) atoms. The van der Waals surface area contributed by atoms with Gasteiger partial charge in [0.05, 0.1) is 23.3 Å². The Morgan fingerprint density at radius 3 is 2.59 bits per heavy atom. The lowest BCUT2D eigenvalue weighted by Gasteiger charge is -2.28. The maximum atomic E-state index is 13.4. The number of fused-ring (bicyclic) bond motifs is 3. The van der Waals surface area contributed by atoms with Crippen LogP contribution in [0.15, 0.2) is 24.3 Å². The number of amides is 1. The summed E-state index contributed by atoms with van der Waals surface area (Å²) in [5.41, 5.74) is 4.40. The molecule has 0 saturated heterocycles. The van der Waals surface area contributed by atoms with Gasteiger partial charge < -0.3 is 14.8 Å². The van der Waals surface area contributed by atoms with E-state index in [0.29, 0.717) is 22.7 Å². The highest BCUT2D eigenvalue weighted by Crippen LogP contribution is 2.38. The van der Waals surface area contributed by atoms with E-state index in [1.807, 2.05) is 24.3 Å². The van der Waals surface area contributed by atoms with Crippen LogP contribution < -0.4 is 5.32 Å². The van der Waals surface area contributed by atoms with Crippen LogP contribution in [0.4, 0.5) is 5.00 Å². The maximum Gasteiger partial charge on any atom is 0.341 e. The molecule has 8 nitrogen and oxygen atoms in total. The van der Waals surface area contributed by atoms with E-state index < -0.39 is 24.5 Å². The zero-order valence-electron chi connectivity index (χ0n) is 21.2. The Bertz CT molecular complexity index is 1370. The van der Waals surface area contributed by atoms with Crippen molar-refractivity contribution in [2.45, 2.75) is 52.5 Å². The van der Waals surface area contributed by atoms with Gasteiger partial charge in [-0.25, -0.2) is 9.59 Å². The molecule has 0 radical (unpaired) electrons. The number of esters is 2. The van der Waals surface area contributed by atoms with Crippen molar-refractivity contribution in [3.8, 4) is 0 Å². The average Bonchev–Trinajstić information content (AvgIpc) is 3.28. The van der Waals surface area contributed by atoms with E-state index in [1.165, 1.54) is 11.3 Å². The minimum absolute atomic E-state index is 0.258. The third kappa shape index (κ3) is 5.10. The molecule has 1 N–H and O–H groups in total. The summed E-state index contributed by atoms with van der Waals surface area (Å²) >= 11 is 1.41. The molecule has 0 unspecified atom stereocenters. The highest BCUT2D eigenvalue weighted by Gasteiger charge is 2.29. The van der Waals surface area contributed by atoms with E-state index in [4.69, 9.17) is 14.5 Å². The van der Waals surface area contributed by atoms with E-state index in [9.17, 15) is 14.4 Å². The van der Waals surface area contributed by atoms with Crippen LogP contribution in [0, 0.1) is 0 Å². The topological polar surface area (TPSA) is 97.8 Å². The monoisotopic (exact) mass is 521 g/mol. The fraction of sp³-hybridized carbons (Fsp3) is 0.429. The van der Waals surface area contributed by atoms with Crippen LogP contribution in [-0.4, -0.2) is 54.0 Å². The number of benzene rings is 1. The third-order valence-corrected chi connectivity index (χ3v) is 8.22. The lowest BCUT2D eigenvalue weighted by molar-refractivity contribution is -0.119. The number of carbonyl (C=O) groups is 3. The van der Waals surface area contributed by atoms with Crippen LogP contribution in [0.1, 0.15) is 69.1 Å². The molecule has 1 aliphatic carbocycles. The Hall–Kier alpha value is -3.30. The summed E-state index contributed by atoms with van der Waals surface area (Å²) in [6.07, 6.45) is 4.49. The first-order valence-electron chi connectivity index (χ1n) is 12.9. The van der Waals surface area contributed by atoms with Crippen molar-refractivity contribution in [3.63, 3.8) is 0 Å². The predicted octanol–water partition coefficient (Wildman–Crippen LogP) is 4.53. The Labute approximate surface area is 220 Å². The highest BCUT2D eigenvalue weighted by molar-refractivity contribution is 7.17. The van der Waals surface area contributed by atoms with Crippen molar-refractivity contribution in [2.75, 3.05) is 31.6 Å². The molecule has 2 aliphatic rings. The van der Waals surface area contributed by atoms with Crippen molar-refractivity contribution in [2.24, 2.45) is 0 Å². The summed E-state index contributed by atoms with van der Waals surface area (Å²) < 4.78 is 10.8. The molecule has 9 heteroatoms. The Morgan fingerprint density at radius 2 is 1.78 bits per heavy atom. The number of aromatic nitrogens is 1. The molecule has 3 heterocycles. The van der Waals surface area contributed by atoms with Gasteiger partial charge in [0.25, 0.3) is 5.91 Å². The van der Waals surface area contributed by atoms with Gasteiger partial charge in [0.1, 0.15) is 5.00 Å². The molecule has 1 amide bonds. The van der Waals surface area contributed by atoms with Gasteiger partial charge in [-0.2, -0.15) is 0 Å². The zero-order valence-corrected chi connectivity index (χ0v) is 22.0. The summed E-state index contributed by atoms with van der Waals surface area (Å²) in [5, 5.41) is 4.00. The van der Waals surface area contributed by atoms with E-state index >= 15 is 0 Å². The first kappa shape index (κ1) is 25.4.